The van der Waals surface area contributed by atoms with E-state index < -0.39 is 26.1 Å². The summed E-state index contributed by atoms with van der Waals surface area (Å²) in [6, 6.07) is 0. The molecule has 0 aliphatic rings. The van der Waals surface area contributed by atoms with Gasteiger partial charge in [0.05, 0.1) is 0 Å². The second-order valence-electron chi connectivity index (χ2n) is 2.02. The van der Waals surface area contributed by atoms with Gasteiger partial charge in [0.15, 0.2) is 0 Å². The third-order valence-corrected chi connectivity index (χ3v) is 4.89. The molecule has 18 heteroatoms. The fourth-order valence-corrected chi connectivity index (χ4v) is 1.09. The molecule has 0 N–H and O–H groups in total. The molecule has 24 heavy (non-hydrogen) atoms. The summed E-state index contributed by atoms with van der Waals surface area (Å²) in [7, 11) is -6.17. The van der Waals surface area contributed by atoms with Crippen LogP contribution in [0.2, 0.25) is 0 Å². The van der Waals surface area contributed by atoms with E-state index in [1.807, 2.05) is 0 Å². The van der Waals surface area contributed by atoms with Gasteiger partial charge in [-0.15, -0.1) is 0 Å². The Morgan fingerprint density at radius 2 is 0.708 bits per heavy atom. The van der Waals surface area contributed by atoms with Crippen LogP contribution < -0.4 is 152 Å². The van der Waals surface area contributed by atoms with Crippen LogP contribution in [0.1, 0.15) is 0 Å². The number of nitrogens with zero attached hydrogens (tertiary/aromatic N) is 6. The molecule has 9 nitrogen and oxygen atoms in total. The van der Waals surface area contributed by atoms with E-state index in [1.165, 1.54) is 0 Å². The first-order valence-electron chi connectivity index (χ1n) is 2.95. The zero-order valence-electron chi connectivity index (χ0n) is 13.2. The fraction of sp³-hybridized carbons (Fsp3) is 0. The Morgan fingerprint density at radius 1 is 0.625 bits per heavy atom. The Bertz CT molecular complexity index is 556. The molecule has 0 fully saturated rings. The topological polar surface area (TPSA) is 200 Å². The van der Waals surface area contributed by atoms with Gasteiger partial charge in [0.1, 0.15) is 0 Å². The number of hydrogen-bond acceptors (Lipinski definition) is 9. The van der Waals surface area contributed by atoms with Gasteiger partial charge in [-0.05, 0) is 0 Å². The molecule has 100 valence electrons. The fourth-order valence-electron chi connectivity index (χ4n) is 0.265. The number of nitriles is 6. The van der Waals surface area contributed by atoms with Gasteiger partial charge in [-0.1, -0.05) is 0 Å². The van der Waals surface area contributed by atoms with Crippen LogP contribution in [-0.4, -0.2) is 29.6 Å². The molecule has 0 aromatic heterocycles. The van der Waals surface area contributed by atoms with Crippen molar-refractivity contribution in [3.63, 3.8) is 0 Å². The molecule has 0 aromatic rings. The van der Waals surface area contributed by atoms with Crippen molar-refractivity contribution < 1.29 is 185 Å². The summed E-state index contributed by atoms with van der Waals surface area (Å²) in [5.41, 5.74) is 0. The van der Waals surface area contributed by atoms with Crippen LogP contribution in [0, 0.1) is 61.4 Å². The molecule has 0 radical (unpaired) electrons. The van der Waals surface area contributed by atoms with E-state index >= 15 is 0 Å². The average Bonchev–Trinajstić information content (AvgIpc) is 2.36. The molecule has 0 spiro atoms. The van der Waals surface area contributed by atoms with Crippen LogP contribution in [0.3, 0.4) is 0 Å². The van der Waals surface area contributed by atoms with Crippen molar-refractivity contribution in [2.45, 2.75) is 0 Å². The van der Waals surface area contributed by atoms with E-state index in [9.17, 15) is 0 Å². The Labute approximate surface area is 283 Å². The normalized spacial score (nSPS) is 8.29. The van der Waals surface area contributed by atoms with Gasteiger partial charge in [-0.3, -0.25) is 0 Å². The standard InChI is InChI=1S/6CN.Fe.6Na.3O.H2S.V.H/c6*1-2;;;;;;;;;;;;;/h;;;;;;;;;;;;;;;;1H2;;/q;;;;;;-4;;5*+1;;;-1;;;. The summed E-state index contributed by atoms with van der Waals surface area (Å²) in [5.74, 6) is 0. The van der Waals surface area contributed by atoms with Crippen LogP contribution >= 0.6 is 13.5 Å². The van der Waals surface area contributed by atoms with Gasteiger partial charge < -0.3 is 0 Å². The zero-order chi connectivity index (χ0) is 14.2. The Balaban J connectivity index is -0.0000000266. The SMILES string of the molecule is N#[C][Fe-4]([C]#N)([C]#N)([C]#N)([C]#N)[C]#N.S.[Na+].[Na+].[Na+].[Na+].[Na+].[NaH].[O]=[V](=[O])[O-]. The third-order valence-electron chi connectivity index (χ3n) is 1.19. The molecule has 0 saturated carbocycles. The van der Waals surface area contributed by atoms with E-state index in [2.05, 4.69) is 0 Å². The summed E-state index contributed by atoms with van der Waals surface area (Å²) >= 11 is -3.94. The van der Waals surface area contributed by atoms with Crippen LogP contribution in [0.5, 0.6) is 0 Å². The Kier molecular flexibility index (Phi) is 54.7. The van der Waals surface area contributed by atoms with E-state index in [0.29, 0.717) is 0 Å². The summed E-state index contributed by atoms with van der Waals surface area (Å²) in [6.45, 7) is 0. The van der Waals surface area contributed by atoms with Gasteiger partial charge in [0, 0.05) is 0 Å². The van der Waals surface area contributed by atoms with Crippen LogP contribution in [0.25, 0.3) is 0 Å². The maximum absolute atomic E-state index is 8.58. The molecule has 0 bridgehead atoms. The second-order valence-corrected chi connectivity index (χ2v) is 8.34. The van der Waals surface area contributed by atoms with Crippen molar-refractivity contribution >= 4 is 43.1 Å². The first-order chi connectivity index (χ1) is 7.71. The van der Waals surface area contributed by atoms with Crippen molar-refractivity contribution in [2.75, 3.05) is 0 Å². The number of rotatable bonds is 0. The minimum absolute atomic E-state index is 0. The zero-order valence-corrected chi connectivity index (χ0v) is 26.7. The van der Waals surface area contributed by atoms with Gasteiger partial charge in [-0.2, -0.15) is 13.5 Å². The van der Waals surface area contributed by atoms with Crippen molar-refractivity contribution in [3.05, 3.63) is 0 Å². The summed E-state index contributed by atoms with van der Waals surface area (Å²) < 4.78 is 25.7. The molecule has 0 aliphatic carbocycles. The summed E-state index contributed by atoms with van der Waals surface area (Å²) in [4.78, 5) is 6.19. The molecule has 0 heterocycles. The molecule has 0 amide bonds. The quantitative estimate of drug-likeness (QED) is 0.300. The van der Waals surface area contributed by atoms with Gasteiger partial charge in [0.2, 0.25) is 0 Å². The van der Waals surface area contributed by atoms with E-state index in [-0.39, 0.29) is 191 Å². The predicted molar refractivity (Wildman–Crippen MR) is 52.6 cm³/mol. The Morgan fingerprint density at radius 3 is 0.708 bits per heavy atom. The molecule has 0 saturated heterocycles. The molecule has 0 aliphatic heterocycles. The third kappa shape index (κ3) is 14.0. The molecule has 0 unspecified atom stereocenters. The monoisotopic (exact) mass is 484 g/mol. The first kappa shape index (κ1) is 56.5. The molecule has 0 rings (SSSR count). The second kappa shape index (κ2) is 23.2. The molecule has 0 aromatic carbocycles. The van der Waals surface area contributed by atoms with Gasteiger partial charge in [0.25, 0.3) is 0 Å². The van der Waals surface area contributed by atoms with Crippen LogP contribution in [0.4, 0.5) is 0 Å². The summed E-state index contributed by atoms with van der Waals surface area (Å²) in [6.07, 6.45) is 0. The first-order valence-corrected chi connectivity index (χ1v) is 7.97. The van der Waals surface area contributed by atoms with Crippen LogP contribution in [-0.2, 0) is 33.5 Å². The van der Waals surface area contributed by atoms with Crippen LogP contribution in [0.15, 0.2) is 0 Å². The van der Waals surface area contributed by atoms with Gasteiger partial charge in [-0.25, -0.2) is 0 Å². The van der Waals surface area contributed by atoms with E-state index in [1.54, 1.807) is 0 Å². The van der Waals surface area contributed by atoms with Crippen molar-refractivity contribution in [2.24, 2.45) is 0 Å². The van der Waals surface area contributed by atoms with Crippen molar-refractivity contribution in [3.8, 4) is 29.8 Å². The van der Waals surface area contributed by atoms with Crippen molar-refractivity contribution in [1.82, 2.24) is 0 Å². The number of hydrogen-bond donors (Lipinski definition) is 0. The van der Waals surface area contributed by atoms with Crippen molar-refractivity contribution in [1.29, 1.82) is 31.6 Å². The molecular weight excluding hydrogens is 481 g/mol. The maximum atomic E-state index is 8.58. The molecular formula is C6H3FeN6Na6O3SV. The molecule has 0 atom stereocenters. The minimum atomic E-state index is -6.17. The van der Waals surface area contributed by atoms with Gasteiger partial charge >= 0.3 is 276 Å². The van der Waals surface area contributed by atoms with E-state index in [4.69, 9.17) is 43.0 Å². The summed E-state index contributed by atoms with van der Waals surface area (Å²) in [5, 5.41) is 51.5. The average molecular weight is 484 g/mol. The van der Waals surface area contributed by atoms with E-state index in [0.717, 1.165) is 29.8 Å². The Hall–Kier alpha value is 3.95. The predicted octanol–water partition coefficient (Wildman–Crippen LogP) is -16.8.